The average Bonchev–Trinajstić information content (AvgIpc) is 2.37. The number of nitrogens with two attached hydrogens (primary N) is 1. The molecular weight excluding hydrogens is 224 g/mol. The summed E-state index contributed by atoms with van der Waals surface area (Å²) < 4.78 is 0. The van der Waals surface area contributed by atoms with E-state index in [0.717, 1.165) is 12.8 Å². The lowest BCUT2D eigenvalue weighted by Crippen LogP contribution is -2.53. The van der Waals surface area contributed by atoms with Crippen molar-refractivity contribution in [1.82, 2.24) is 5.32 Å². The van der Waals surface area contributed by atoms with Crippen molar-refractivity contribution in [1.29, 1.82) is 0 Å². The van der Waals surface area contributed by atoms with Gasteiger partial charge in [-0.1, -0.05) is 37.3 Å². The molecule has 0 spiro atoms. The van der Waals surface area contributed by atoms with Crippen LogP contribution in [0.2, 0.25) is 0 Å². The third kappa shape index (κ3) is 4.49. The van der Waals surface area contributed by atoms with Gasteiger partial charge in [0.05, 0.1) is 5.54 Å². The van der Waals surface area contributed by atoms with Crippen LogP contribution in [0.4, 0.5) is 0 Å². The molecule has 1 amide bonds. The number of nitrogens with one attached hydrogen (secondary N) is 1. The van der Waals surface area contributed by atoms with Crippen molar-refractivity contribution in [2.75, 3.05) is 0 Å². The zero-order valence-electron chi connectivity index (χ0n) is 11.6. The van der Waals surface area contributed by atoms with Crippen molar-refractivity contribution < 1.29 is 4.79 Å². The van der Waals surface area contributed by atoms with Crippen LogP contribution in [0.25, 0.3) is 0 Å². The highest BCUT2D eigenvalue weighted by Gasteiger charge is 2.26. The Labute approximate surface area is 110 Å². The van der Waals surface area contributed by atoms with Crippen molar-refractivity contribution in [2.45, 2.75) is 51.6 Å². The van der Waals surface area contributed by atoms with Crippen LogP contribution in [-0.4, -0.2) is 17.5 Å². The molecule has 0 saturated carbocycles. The van der Waals surface area contributed by atoms with Gasteiger partial charge in [-0.25, -0.2) is 0 Å². The number of amides is 1. The molecular formula is C15H24N2O. The summed E-state index contributed by atoms with van der Waals surface area (Å²) in [6, 6.07) is 10.4. The number of aryl methyl sites for hydroxylation is 1. The summed E-state index contributed by atoms with van der Waals surface area (Å²) in [6.07, 6.45) is 2.54. The first-order chi connectivity index (χ1) is 8.45. The van der Waals surface area contributed by atoms with Gasteiger partial charge in [0, 0.05) is 6.04 Å². The van der Waals surface area contributed by atoms with Crippen LogP contribution >= 0.6 is 0 Å². The Kier molecular flexibility index (Phi) is 5.35. The fraction of sp³-hybridized carbons (Fsp3) is 0.533. The maximum Gasteiger partial charge on any atom is 0.239 e. The molecule has 0 aromatic heterocycles. The smallest absolute Gasteiger partial charge is 0.239 e. The van der Waals surface area contributed by atoms with E-state index in [1.165, 1.54) is 5.56 Å². The molecule has 0 fully saturated rings. The van der Waals surface area contributed by atoms with E-state index in [9.17, 15) is 4.79 Å². The van der Waals surface area contributed by atoms with Crippen LogP contribution in [0, 0.1) is 0 Å². The Morgan fingerprint density at radius 2 is 2.00 bits per heavy atom. The number of rotatable bonds is 6. The Morgan fingerprint density at radius 3 is 2.56 bits per heavy atom. The van der Waals surface area contributed by atoms with E-state index in [-0.39, 0.29) is 11.9 Å². The quantitative estimate of drug-likeness (QED) is 0.811. The monoisotopic (exact) mass is 248 g/mol. The first-order valence-electron chi connectivity index (χ1n) is 6.59. The Balaban J connectivity index is 2.38. The molecule has 1 aromatic carbocycles. The molecule has 1 aromatic rings. The molecule has 100 valence electrons. The normalized spacial score (nSPS) is 15.8. The molecule has 0 heterocycles. The highest BCUT2D eigenvalue weighted by Crippen LogP contribution is 2.08. The molecule has 0 radical (unpaired) electrons. The molecule has 3 N–H and O–H groups in total. The standard InChI is InChI=1S/C15H24N2O/c1-4-15(3,16)14(18)17-12(2)10-11-13-8-6-5-7-9-13/h5-9,12H,4,10-11,16H2,1-3H3,(H,17,18). The number of hydrogen-bond donors (Lipinski definition) is 2. The summed E-state index contributed by atoms with van der Waals surface area (Å²) in [5.41, 5.74) is 6.44. The highest BCUT2D eigenvalue weighted by atomic mass is 16.2. The third-order valence-electron chi connectivity index (χ3n) is 3.34. The summed E-state index contributed by atoms with van der Waals surface area (Å²) in [5.74, 6) is -0.0643. The number of benzene rings is 1. The van der Waals surface area contributed by atoms with E-state index in [4.69, 9.17) is 5.73 Å². The molecule has 3 heteroatoms. The molecule has 0 bridgehead atoms. The second-order valence-corrected chi connectivity index (χ2v) is 5.17. The minimum absolute atomic E-state index is 0.0643. The van der Waals surface area contributed by atoms with E-state index in [2.05, 4.69) is 17.4 Å². The average molecular weight is 248 g/mol. The Hall–Kier alpha value is -1.35. The first kappa shape index (κ1) is 14.7. The molecule has 0 saturated heterocycles. The van der Waals surface area contributed by atoms with Crippen molar-refractivity contribution in [3.05, 3.63) is 35.9 Å². The van der Waals surface area contributed by atoms with Gasteiger partial charge in [-0.15, -0.1) is 0 Å². The largest absolute Gasteiger partial charge is 0.352 e. The SMILES string of the molecule is CCC(C)(N)C(=O)NC(C)CCc1ccccc1. The first-order valence-corrected chi connectivity index (χ1v) is 6.59. The van der Waals surface area contributed by atoms with Gasteiger partial charge >= 0.3 is 0 Å². The lowest BCUT2D eigenvalue weighted by molar-refractivity contribution is -0.126. The zero-order valence-corrected chi connectivity index (χ0v) is 11.6. The summed E-state index contributed by atoms with van der Waals surface area (Å²) in [6.45, 7) is 5.72. The minimum atomic E-state index is -0.763. The van der Waals surface area contributed by atoms with Gasteiger partial charge in [-0.05, 0) is 38.7 Å². The lowest BCUT2D eigenvalue weighted by atomic mass is 9.98. The van der Waals surface area contributed by atoms with Crippen LogP contribution in [0.5, 0.6) is 0 Å². The minimum Gasteiger partial charge on any atom is -0.352 e. The number of carbonyl (C=O) groups excluding carboxylic acids is 1. The van der Waals surface area contributed by atoms with Crippen molar-refractivity contribution in [2.24, 2.45) is 5.73 Å². The Morgan fingerprint density at radius 1 is 1.39 bits per heavy atom. The molecule has 0 aliphatic carbocycles. The summed E-state index contributed by atoms with van der Waals surface area (Å²) >= 11 is 0. The van der Waals surface area contributed by atoms with E-state index < -0.39 is 5.54 Å². The van der Waals surface area contributed by atoms with Crippen LogP contribution < -0.4 is 11.1 Å². The predicted molar refractivity (Wildman–Crippen MR) is 75.3 cm³/mol. The Bertz CT molecular complexity index is 373. The fourth-order valence-electron chi connectivity index (χ4n) is 1.65. The van der Waals surface area contributed by atoms with Gasteiger partial charge < -0.3 is 11.1 Å². The zero-order chi connectivity index (χ0) is 13.6. The lowest BCUT2D eigenvalue weighted by Gasteiger charge is -2.24. The number of carbonyl (C=O) groups is 1. The van der Waals surface area contributed by atoms with E-state index >= 15 is 0 Å². The van der Waals surface area contributed by atoms with Crippen molar-refractivity contribution in [3.8, 4) is 0 Å². The molecule has 18 heavy (non-hydrogen) atoms. The van der Waals surface area contributed by atoms with Crippen LogP contribution in [0.15, 0.2) is 30.3 Å². The summed E-state index contributed by atoms with van der Waals surface area (Å²) in [7, 11) is 0. The molecule has 1 rings (SSSR count). The predicted octanol–water partition coefficient (Wildman–Crippen LogP) is 2.25. The topological polar surface area (TPSA) is 55.1 Å². The number of hydrogen-bond acceptors (Lipinski definition) is 2. The fourth-order valence-corrected chi connectivity index (χ4v) is 1.65. The van der Waals surface area contributed by atoms with E-state index in [1.54, 1.807) is 6.92 Å². The van der Waals surface area contributed by atoms with Gasteiger partial charge in [0.2, 0.25) is 5.91 Å². The molecule has 3 nitrogen and oxygen atoms in total. The summed E-state index contributed by atoms with van der Waals surface area (Å²) in [5, 5.41) is 2.98. The molecule has 0 aliphatic rings. The van der Waals surface area contributed by atoms with Crippen LogP contribution in [-0.2, 0) is 11.2 Å². The van der Waals surface area contributed by atoms with E-state index in [1.807, 2.05) is 32.0 Å². The van der Waals surface area contributed by atoms with Gasteiger partial charge in [0.25, 0.3) is 0 Å². The summed E-state index contributed by atoms with van der Waals surface area (Å²) in [4.78, 5) is 11.9. The third-order valence-corrected chi connectivity index (χ3v) is 3.34. The molecule has 2 atom stereocenters. The molecule has 0 aliphatic heterocycles. The van der Waals surface area contributed by atoms with Gasteiger partial charge in [-0.3, -0.25) is 4.79 Å². The van der Waals surface area contributed by atoms with Crippen molar-refractivity contribution in [3.63, 3.8) is 0 Å². The highest BCUT2D eigenvalue weighted by molar-refractivity contribution is 5.85. The maximum atomic E-state index is 11.9. The van der Waals surface area contributed by atoms with Crippen LogP contribution in [0.3, 0.4) is 0 Å². The van der Waals surface area contributed by atoms with Gasteiger partial charge in [0.1, 0.15) is 0 Å². The van der Waals surface area contributed by atoms with Crippen LogP contribution in [0.1, 0.15) is 39.2 Å². The second-order valence-electron chi connectivity index (χ2n) is 5.17. The second kappa shape index (κ2) is 6.55. The van der Waals surface area contributed by atoms with Gasteiger partial charge in [-0.2, -0.15) is 0 Å². The van der Waals surface area contributed by atoms with Crippen molar-refractivity contribution >= 4 is 5.91 Å². The van der Waals surface area contributed by atoms with Gasteiger partial charge in [0.15, 0.2) is 0 Å². The van der Waals surface area contributed by atoms with E-state index in [0.29, 0.717) is 6.42 Å². The molecule has 2 unspecified atom stereocenters. The maximum absolute atomic E-state index is 11.9.